The van der Waals surface area contributed by atoms with E-state index in [9.17, 15) is 4.79 Å². The number of fused-ring (bicyclic) bond motifs is 1. The fourth-order valence-corrected chi connectivity index (χ4v) is 2.75. The summed E-state index contributed by atoms with van der Waals surface area (Å²) in [4.78, 5) is 21.5. The average Bonchev–Trinajstić information content (AvgIpc) is 2.86. The van der Waals surface area contributed by atoms with Crippen molar-refractivity contribution in [1.29, 1.82) is 0 Å². The molecule has 3 rings (SSSR count). The Balaban J connectivity index is 1.81. The van der Waals surface area contributed by atoms with Crippen LogP contribution in [0, 0.1) is 6.92 Å². The highest BCUT2D eigenvalue weighted by atomic mass is 16.1. The van der Waals surface area contributed by atoms with Gasteiger partial charge in [-0.3, -0.25) is 14.4 Å². The normalized spacial score (nSPS) is 15.3. The van der Waals surface area contributed by atoms with Gasteiger partial charge >= 0.3 is 0 Å². The van der Waals surface area contributed by atoms with Crippen molar-refractivity contribution in [2.75, 3.05) is 6.54 Å². The molecule has 0 radical (unpaired) electrons. The molecule has 3 heterocycles. The first-order valence-electron chi connectivity index (χ1n) is 6.99. The smallest absolute Gasteiger partial charge is 0.255 e. The first-order chi connectivity index (χ1) is 9.67. The molecule has 1 N–H and O–H groups in total. The average molecular weight is 273 g/mol. The van der Waals surface area contributed by atoms with Crippen LogP contribution in [0.5, 0.6) is 0 Å². The summed E-state index contributed by atoms with van der Waals surface area (Å²) in [6.45, 7) is 7.19. The van der Waals surface area contributed by atoms with Crippen molar-refractivity contribution in [3.05, 3.63) is 45.4 Å². The molecule has 106 valence electrons. The van der Waals surface area contributed by atoms with Crippen molar-refractivity contribution in [3.63, 3.8) is 0 Å². The van der Waals surface area contributed by atoms with Crippen LogP contribution >= 0.6 is 0 Å². The summed E-state index contributed by atoms with van der Waals surface area (Å²) in [6, 6.07) is 2.04. The van der Waals surface area contributed by atoms with Gasteiger partial charge in [-0.1, -0.05) is 0 Å². The minimum atomic E-state index is 0.00111. The highest BCUT2D eigenvalue weighted by Gasteiger charge is 2.21. The number of aryl methyl sites for hydroxylation is 2. The van der Waals surface area contributed by atoms with Crippen molar-refractivity contribution in [2.45, 2.75) is 39.9 Å². The summed E-state index contributed by atoms with van der Waals surface area (Å²) in [5, 5.41) is 4.28. The van der Waals surface area contributed by atoms with E-state index >= 15 is 0 Å². The monoisotopic (exact) mass is 273 g/mol. The van der Waals surface area contributed by atoms with E-state index in [1.165, 1.54) is 5.69 Å². The molecule has 2 aromatic heterocycles. The van der Waals surface area contributed by atoms with Crippen LogP contribution in [0.1, 0.15) is 29.7 Å². The van der Waals surface area contributed by atoms with E-state index in [1.54, 1.807) is 0 Å². The van der Waals surface area contributed by atoms with Gasteiger partial charge in [-0.25, -0.2) is 4.98 Å². The third kappa shape index (κ3) is 2.38. The van der Waals surface area contributed by atoms with E-state index in [0.29, 0.717) is 12.4 Å². The Morgan fingerprint density at radius 3 is 3.10 bits per heavy atom. The lowest BCUT2D eigenvalue weighted by atomic mass is 10.1. The van der Waals surface area contributed by atoms with Gasteiger partial charge in [-0.05, 0) is 19.9 Å². The summed E-state index contributed by atoms with van der Waals surface area (Å²) < 4.78 is 1.99. The summed E-state index contributed by atoms with van der Waals surface area (Å²) in [7, 11) is 0. The standard InChI is InChI=1S/C14H19N5O/c1-3-19-11(4-6-15-19)8-18-7-5-13-12(9-18)14(20)17-10(2)16-13/h4,6H,3,5,7-9H2,1-2H3,(H,16,17,20). The molecule has 6 heteroatoms. The second-order valence-electron chi connectivity index (χ2n) is 5.18. The van der Waals surface area contributed by atoms with E-state index in [1.807, 2.05) is 23.9 Å². The molecule has 6 nitrogen and oxygen atoms in total. The molecule has 1 aliphatic rings. The molecule has 0 fully saturated rings. The van der Waals surface area contributed by atoms with Gasteiger partial charge in [0.05, 0.1) is 17.0 Å². The van der Waals surface area contributed by atoms with Gasteiger partial charge in [0.15, 0.2) is 0 Å². The minimum absolute atomic E-state index is 0.00111. The predicted molar refractivity (Wildman–Crippen MR) is 75.3 cm³/mol. The van der Waals surface area contributed by atoms with Gasteiger partial charge in [0.25, 0.3) is 5.56 Å². The Kier molecular flexibility index (Phi) is 3.40. The van der Waals surface area contributed by atoms with Gasteiger partial charge < -0.3 is 4.98 Å². The molecule has 0 spiro atoms. The van der Waals surface area contributed by atoms with Crippen LogP contribution in [-0.2, 0) is 26.1 Å². The number of aromatic nitrogens is 4. The molecule has 0 bridgehead atoms. The van der Waals surface area contributed by atoms with E-state index < -0.39 is 0 Å². The highest BCUT2D eigenvalue weighted by molar-refractivity contribution is 5.21. The first-order valence-corrected chi connectivity index (χ1v) is 6.99. The molecule has 20 heavy (non-hydrogen) atoms. The highest BCUT2D eigenvalue weighted by Crippen LogP contribution is 2.16. The van der Waals surface area contributed by atoms with Crippen LogP contribution in [0.25, 0.3) is 0 Å². The molecule has 0 amide bonds. The van der Waals surface area contributed by atoms with Crippen LogP contribution < -0.4 is 5.56 Å². The van der Waals surface area contributed by atoms with Gasteiger partial charge in [0, 0.05) is 38.8 Å². The van der Waals surface area contributed by atoms with Gasteiger partial charge in [0.2, 0.25) is 0 Å². The Labute approximate surface area is 117 Å². The molecule has 0 atom stereocenters. The summed E-state index contributed by atoms with van der Waals surface area (Å²) in [5.41, 5.74) is 2.95. The van der Waals surface area contributed by atoms with Crippen molar-refractivity contribution < 1.29 is 0 Å². The molecular weight excluding hydrogens is 254 g/mol. The van der Waals surface area contributed by atoms with Crippen LogP contribution in [0.2, 0.25) is 0 Å². The predicted octanol–water partition coefficient (Wildman–Crippen LogP) is 0.853. The SMILES string of the molecule is CCn1nccc1CN1CCc2nc(C)[nH]c(=O)c2C1. The number of H-pyrrole nitrogens is 1. The van der Waals surface area contributed by atoms with E-state index in [0.717, 1.165) is 37.3 Å². The van der Waals surface area contributed by atoms with Crippen molar-refractivity contribution in [3.8, 4) is 0 Å². The second-order valence-corrected chi connectivity index (χ2v) is 5.18. The van der Waals surface area contributed by atoms with Crippen LogP contribution in [0.15, 0.2) is 17.1 Å². The van der Waals surface area contributed by atoms with E-state index in [2.05, 4.69) is 26.9 Å². The molecule has 0 aromatic carbocycles. The zero-order valence-corrected chi connectivity index (χ0v) is 11.9. The number of hydrogen-bond donors (Lipinski definition) is 1. The van der Waals surface area contributed by atoms with Gasteiger partial charge in [-0.2, -0.15) is 5.10 Å². The van der Waals surface area contributed by atoms with E-state index in [-0.39, 0.29) is 5.56 Å². The fourth-order valence-electron chi connectivity index (χ4n) is 2.75. The second kappa shape index (κ2) is 5.20. The van der Waals surface area contributed by atoms with E-state index in [4.69, 9.17) is 0 Å². The van der Waals surface area contributed by atoms with Gasteiger partial charge in [-0.15, -0.1) is 0 Å². The number of rotatable bonds is 3. The molecular formula is C14H19N5O. The van der Waals surface area contributed by atoms with Crippen LogP contribution in [0.3, 0.4) is 0 Å². The Morgan fingerprint density at radius 1 is 1.45 bits per heavy atom. The Bertz CT molecular complexity index is 672. The van der Waals surface area contributed by atoms with Gasteiger partial charge in [0.1, 0.15) is 5.82 Å². The number of hydrogen-bond acceptors (Lipinski definition) is 4. The number of aromatic amines is 1. The fraction of sp³-hybridized carbons (Fsp3) is 0.500. The van der Waals surface area contributed by atoms with Crippen LogP contribution in [0.4, 0.5) is 0 Å². The maximum atomic E-state index is 12.0. The molecule has 0 saturated carbocycles. The molecule has 0 unspecified atom stereocenters. The molecule has 0 aliphatic carbocycles. The van der Waals surface area contributed by atoms with Crippen molar-refractivity contribution in [1.82, 2.24) is 24.6 Å². The maximum absolute atomic E-state index is 12.0. The summed E-state index contributed by atoms with van der Waals surface area (Å²) in [6.07, 6.45) is 2.66. The lowest BCUT2D eigenvalue weighted by Crippen LogP contribution is -2.36. The topological polar surface area (TPSA) is 66.8 Å². The number of nitrogens with zero attached hydrogens (tertiary/aromatic N) is 4. The quantitative estimate of drug-likeness (QED) is 0.900. The zero-order valence-electron chi connectivity index (χ0n) is 11.9. The molecule has 2 aromatic rings. The largest absolute Gasteiger partial charge is 0.310 e. The lowest BCUT2D eigenvalue weighted by Gasteiger charge is -2.27. The van der Waals surface area contributed by atoms with Crippen molar-refractivity contribution >= 4 is 0 Å². The minimum Gasteiger partial charge on any atom is -0.310 e. The van der Waals surface area contributed by atoms with Crippen LogP contribution in [-0.4, -0.2) is 31.2 Å². The summed E-state index contributed by atoms with van der Waals surface area (Å²) in [5.74, 6) is 0.700. The molecule has 0 saturated heterocycles. The maximum Gasteiger partial charge on any atom is 0.255 e. The third-order valence-corrected chi connectivity index (χ3v) is 3.76. The third-order valence-electron chi connectivity index (χ3n) is 3.76. The number of nitrogens with one attached hydrogen (secondary N) is 1. The Hall–Kier alpha value is -1.95. The molecule has 1 aliphatic heterocycles. The summed E-state index contributed by atoms with van der Waals surface area (Å²) >= 11 is 0. The lowest BCUT2D eigenvalue weighted by molar-refractivity contribution is 0.234. The van der Waals surface area contributed by atoms with Crippen molar-refractivity contribution in [2.24, 2.45) is 0 Å². The Morgan fingerprint density at radius 2 is 2.30 bits per heavy atom. The zero-order chi connectivity index (χ0) is 14.1. The first kappa shape index (κ1) is 13.1.